The van der Waals surface area contributed by atoms with Gasteiger partial charge in [-0.3, -0.25) is 0 Å². The number of rotatable bonds is 2. The van der Waals surface area contributed by atoms with Crippen molar-refractivity contribution in [1.82, 2.24) is 4.90 Å². The van der Waals surface area contributed by atoms with Gasteiger partial charge < -0.3 is 15.8 Å². The number of guanidine groups is 1. The lowest BCUT2D eigenvalue weighted by molar-refractivity contribution is 0.148. The molecule has 2 rings (SSSR count). The van der Waals surface area contributed by atoms with Crippen LogP contribution in [-0.2, 0) is 0 Å². The second-order valence-corrected chi connectivity index (χ2v) is 5.45. The number of hydrogen-bond acceptors (Lipinski definition) is 2. The van der Waals surface area contributed by atoms with Gasteiger partial charge in [-0.2, -0.15) is 0 Å². The average molecular weight is 239 g/mol. The molecule has 0 aromatic heterocycles. The normalized spacial score (nSPS) is 24.8. The molecule has 98 valence electrons. The summed E-state index contributed by atoms with van der Waals surface area (Å²) in [5.74, 6) is 0.337. The molecule has 0 aromatic rings. The minimum Gasteiger partial charge on any atom is -0.408 e. The first-order valence-corrected chi connectivity index (χ1v) is 7.09. The Morgan fingerprint density at radius 3 is 1.65 bits per heavy atom. The second-order valence-electron chi connectivity index (χ2n) is 5.45. The van der Waals surface area contributed by atoms with Crippen LogP contribution in [0.5, 0.6) is 0 Å². The lowest BCUT2D eigenvalue weighted by Crippen LogP contribution is -2.51. The molecule has 0 bridgehead atoms. The maximum atomic E-state index is 8.99. The molecule has 0 aliphatic heterocycles. The molecule has 0 saturated heterocycles. The molecule has 4 heteroatoms. The third-order valence-electron chi connectivity index (χ3n) is 4.30. The first kappa shape index (κ1) is 12.5. The maximum Gasteiger partial charge on any atom is 0.233 e. The summed E-state index contributed by atoms with van der Waals surface area (Å²) in [4.78, 5) is 2.22. The van der Waals surface area contributed by atoms with Gasteiger partial charge in [-0.1, -0.05) is 43.7 Å². The number of hydrogen-bond donors (Lipinski definition) is 2. The highest BCUT2D eigenvalue weighted by Crippen LogP contribution is 2.29. The predicted molar refractivity (Wildman–Crippen MR) is 69.0 cm³/mol. The Balaban J connectivity index is 2.05. The van der Waals surface area contributed by atoms with Crippen LogP contribution in [0.2, 0.25) is 0 Å². The van der Waals surface area contributed by atoms with Crippen molar-refractivity contribution in [3.8, 4) is 0 Å². The van der Waals surface area contributed by atoms with E-state index in [4.69, 9.17) is 10.9 Å². The van der Waals surface area contributed by atoms with Gasteiger partial charge in [-0.25, -0.2) is 0 Å². The molecule has 17 heavy (non-hydrogen) atoms. The highest BCUT2D eigenvalue weighted by molar-refractivity contribution is 5.78. The summed E-state index contributed by atoms with van der Waals surface area (Å²) < 4.78 is 0. The van der Waals surface area contributed by atoms with Gasteiger partial charge in [0.2, 0.25) is 5.96 Å². The number of nitrogens with zero attached hydrogens (tertiary/aromatic N) is 2. The van der Waals surface area contributed by atoms with Crippen molar-refractivity contribution < 1.29 is 5.21 Å². The van der Waals surface area contributed by atoms with E-state index in [-0.39, 0.29) is 0 Å². The van der Waals surface area contributed by atoms with E-state index in [1.54, 1.807) is 0 Å². The van der Waals surface area contributed by atoms with Crippen LogP contribution in [0.1, 0.15) is 64.2 Å². The summed E-state index contributed by atoms with van der Waals surface area (Å²) in [5, 5.41) is 12.2. The van der Waals surface area contributed by atoms with Gasteiger partial charge in [0.25, 0.3) is 0 Å². The predicted octanol–water partition coefficient (Wildman–Crippen LogP) is 2.66. The van der Waals surface area contributed by atoms with Gasteiger partial charge in [0.15, 0.2) is 0 Å². The fraction of sp³-hybridized carbons (Fsp3) is 0.923. The van der Waals surface area contributed by atoms with Gasteiger partial charge in [0.05, 0.1) is 0 Å². The highest BCUT2D eigenvalue weighted by Gasteiger charge is 2.30. The highest BCUT2D eigenvalue weighted by atomic mass is 16.4. The fourth-order valence-electron chi connectivity index (χ4n) is 3.44. The van der Waals surface area contributed by atoms with E-state index in [9.17, 15) is 0 Å². The quantitative estimate of drug-likeness (QED) is 0.337. The molecule has 2 aliphatic rings. The zero-order valence-electron chi connectivity index (χ0n) is 10.6. The SMILES string of the molecule is NC(=NO)N(C1CCCCC1)C1CCCCC1. The van der Waals surface area contributed by atoms with Gasteiger partial charge in [0, 0.05) is 12.1 Å². The van der Waals surface area contributed by atoms with Crippen molar-refractivity contribution in [3.05, 3.63) is 0 Å². The van der Waals surface area contributed by atoms with Crippen molar-refractivity contribution >= 4 is 5.96 Å². The number of nitrogens with two attached hydrogens (primary N) is 1. The summed E-state index contributed by atoms with van der Waals surface area (Å²) in [6.07, 6.45) is 12.6. The van der Waals surface area contributed by atoms with Crippen LogP contribution >= 0.6 is 0 Å². The molecule has 4 nitrogen and oxygen atoms in total. The first-order valence-electron chi connectivity index (χ1n) is 7.09. The molecule has 2 aliphatic carbocycles. The van der Waals surface area contributed by atoms with Crippen molar-refractivity contribution in [2.45, 2.75) is 76.3 Å². The minimum absolute atomic E-state index is 0.337. The van der Waals surface area contributed by atoms with E-state index in [2.05, 4.69) is 10.1 Å². The van der Waals surface area contributed by atoms with Crippen LogP contribution < -0.4 is 5.73 Å². The van der Waals surface area contributed by atoms with Crippen LogP contribution in [0, 0.1) is 0 Å². The van der Waals surface area contributed by atoms with Crippen molar-refractivity contribution in [2.75, 3.05) is 0 Å². The first-order chi connectivity index (χ1) is 8.33. The molecule has 0 heterocycles. The molecule has 0 spiro atoms. The molecular formula is C13H25N3O. The molecular weight excluding hydrogens is 214 g/mol. The zero-order chi connectivity index (χ0) is 12.1. The Morgan fingerprint density at radius 2 is 1.29 bits per heavy atom. The van der Waals surface area contributed by atoms with Crippen LogP contribution in [-0.4, -0.2) is 28.2 Å². The molecule has 2 fully saturated rings. The van der Waals surface area contributed by atoms with Crippen LogP contribution in [0.4, 0.5) is 0 Å². The van der Waals surface area contributed by atoms with Gasteiger partial charge >= 0.3 is 0 Å². The monoisotopic (exact) mass is 239 g/mol. The number of oxime groups is 1. The molecule has 2 saturated carbocycles. The summed E-state index contributed by atoms with van der Waals surface area (Å²) in [6.45, 7) is 0. The van der Waals surface area contributed by atoms with E-state index in [0.29, 0.717) is 18.0 Å². The Hall–Kier alpha value is -0.930. The van der Waals surface area contributed by atoms with E-state index in [0.717, 1.165) is 0 Å². The molecule has 0 radical (unpaired) electrons. The Morgan fingerprint density at radius 1 is 0.882 bits per heavy atom. The Bertz CT molecular complexity index is 237. The standard InChI is InChI=1S/C13H25N3O/c14-13(15-17)16(11-7-3-1-4-8-11)12-9-5-2-6-10-12/h11-12,17H,1-10H2,(H2,14,15). The Labute approximate surface area is 104 Å². The largest absolute Gasteiger partial charge is 0.408 e. The van der Waals surface area contributed by atoms with Gasteiger partial charge in [0.1, 0.15) is 0 Å². The van der Waals surface area contributed by atoms with E-state index in [1.807, 2.05) is 0 Å². The van der Waals surface area contributed by atoms with Crippen LogP contribution in [0.15, 0.2) is 5.16 Å². The second kappa shape index (κ2) is 6.12. The summed E-state index contributed by atoms with van der Waals surface area (Å²) in [7, 11) is 0. The van der Waals surface area contributed by atoms with Crippen molar-refractivity contribution in [1.29, 1.82) is 0 Å². The molecule has 0 aromatic carbocycles. The van der Waals surface area contributed by atoms with Crippen molar-refractivity contribution in [3.63, 3.8) is 0 Å². The van der Waals surface area contributed by atoms with E-state index in [1.165, 1.54) is 64.2 Å². The van der Waals surface area contributed by atoms with Gasteiger partial charge in [-0.05, 0) is 25.7 Å². The van der Waals surface area contributed by atoms with E-state index < -0.39 is 0 Å². The third-order valence-corrected chi connectivity index (χ3v) is 4.30. The van der Waals surface area contributed by atoms with E-state index >= 15 is 0 Å². The molecule has 0 atom stereocenters. The smallest absolute Gasteiger partial charge is 0.233 e. The van der Waals surface area contributed by atoms with Gasteiger partial charge in [-0.15, -0.1) is 0 Å². The minimum atomic E-state index is 0.337. The van der Waals surface area contributed by atoms with Crippen molar-refractivity contribution in [2.24, 2.45) is 10.9 Å². The summed E-state index contributed by atoms with van der Waals surface area (Å²) in [6, 6.07) is 1.01. The summed E-state index contributed by atoms with van der Waals surface area (Å²) >= 11 is 0. The molecule has 3 N–H and O–H groups in total. The zero-order valence-corrected chi connectivity index (χ0v) is 10.6. The average Bonchev–Trinajstić information content (AvgIpc) is 2.41. The van der Waals surface area contributed by atoms with Crippen LogP contribution in [0.3, 0.4) is 0 Å². The lowest BCUT2D eigenvalue weighted by atomic mass is 9.89. The Kier molecular flexibility index (Phi) is 4.51. The van der Waals surface area contributed by atoms with Crippen LogP contribution in [0.25, 0.3) is 0 Å². The summed E-state index contributed by atoms with van der Waals surface area (Å²) in [5.41, 5.74) is 5.90. The maximum absolute atomic E-state index is 8.99. The topological polar surface area (TPSA) is 61.9 Å². The molecule has 0 unspecified atom stereocenters. The lowest BCUT2D eigenvalue weighted by Gasteiger charge is -2.41. The molecule has 0 amide bonds. The third kappa shape index (κ3) is 3.05. The fourth-order valence-corrected chi connectivity index (χ4v) is 3.44.